The number of ketones is 1. The minimum Gasteiger partial charge on any atom is -0.496 e. The van der Waals surface area contributed by atoms with Gasteiger partial charge in [0.25, 0.3) is 0 Å². The lowest BCUT2D eigenvalue weighted by Gasteiger charge is -2.04. The zero-order chi connectivity index (χ0) is 13.3. The maximum atomic E-state index is 11.9. The molecule has 0 amide bonds. The van der Waals surface area contributed by atoms with Gasteiger partial charge in [0.15, 0.2) is 5.76 Å². The van der Waals surface area contributed by atoms with E-state index < -0.39 is 0 Å². The predicted molar refractivity (Wildman–Crippen MR) is 68.5 cm³/mol. The van der Waals surface area contributed by atoms with Crippen LogP contribution in [0.5, 0.6) is 11.5 Å². The first-order valence-electron chi connectivity index (χ1n) is 5.76. The molecule has 0 bridgehead atoms. The third-order valence-electron chi connectivity index (χ3n) is 2.80. The fourth-order valence-electron chi connectivity index (χ4n) is 1.78. The maximum absolute atomic E-state index is 11.9. The molecule has 2 rings (SSSR count). The standard InChI is InChI=1S/C14H16O4/c1-8(2)14(15)13-7-10-11(17-4)5-9(16-3)6-12(10)18-13/h5-8H,1-4H3. The van der Waals surface area contributed by atoms with Gasteiger partial charge in [-0.1, -0.05) is 13.8 Å². The Hall–Kier alpha value is -1.97. The molecule has 0 N–H and O–H groups in total. The molecule has 0 aliphatic carbocycles. The number of hydrogen-bond donors (Lipinski definition) is 0. The second kappa shape index (κ2) is 4.72. The number of carbonyl (C=O) groups is 1. The molecule has 1 aromatic carbocycles. The summed E-state index contributed by atoms with van der Waals surface area (Å²) in [6.45, 7) is 3.68. The molecule has 4 heteroatoms. The molecule has 1 heterocycles. The summed E-state index contributed by atoms with van der Waals surface area (Å²) in [7, 11) is 3.15. The Bertz CT molecular complexity index is 581. The lowest BCUT2D eigenvalue weighted by Crippen LogP contribution is -2.05. The van der Waals surface area contributed by atoms with Gasteiger partial charge in [-0.15, -0.1) is 0 Å². The molecular formula is C14H16O4. The number of carbonyl (C=O) groups excluding carboxylic acids is 1. The van der Waals surface area contributed by atoms with Crippen LogP contribution in [0.25, 0.3) is 11.0 Å². The van der Waals surface area contributed by atoms with Crippen molar-refractivity contribution >= 4 is 16.8 Å². The van der Waals surface area contributed by atoms with Gasteiger partial charge in [0.05, 0.1) is 19.6 Å². The third-order valence-corrected chi connectivity index (χ3v) is 2.80. The Morgan fingerprint density at radius 2 is 1.89 bits per heavy atom. The molecular weight excluding hydrogens is 232 g/mol. The van der Waals surface area contributed by atoms with Crippen LogP contribution in [0, 0.1) is 5.92 Å². The van der Waals surface area contributed by atoms with Crippen LogP contribution < -0.4 is 9.47 Å². The molecule has 0 spiro atoms. The van der Waals surface area contributed by atoms with E-state index in [1.54, 1.807) is 32.4 Å². The molecule has 0 unspecified atom stereocenters. The molecule has 4 nitrogen and oxygen atoms in total. The molecule has 0 aliphatic rings. The number of benzene rings is 1. The van der Waals surface area contributed by atoms with Crippen LogP contribution in [0.1, 0.15) is 24.4 Å². The normalized spacial score (nSPS) is 10.9. The number of furan rings is 1. The molecule has 96 valence electrons. The average Bonchev–Trinajstić information content (AvgIpc) is 2.79. The summed E-state index contributed by atoms with van der Waals surface area (Å²) >= 11 is 0. The Morgan fingerprint density at radius 3 is 2.44 bits per heavy atom. The molecule has 18 heavy (non-hydrogen) atoms. The van der Waals surface area contributed by atoms with Crippen molar-refractivity contribution in [2.45, 2.75) is 13.8 Å². The van der Waals surface area contributed by atoms with Crippen molar-refractivity contribution in [3.63, 3.8) is 0 Å². The van der Waals surface area contributed by atoms with E-state index >= 15 is 0 Å². The van der Waals surface area contributed by atoms with Crippen LogP contribution in [-0.4, -0.2) is 20.0 Å². The summed E-state index contributed by atoms with van der Waals surface area (Å²) in [5.74, 6) is 1.50. The molecule has 0 saturated carbocycles. The quantitative estimate of drug-likeness (QED) is 0.779. The molecule has 0 aliphatic heterocycles. The van der Waals surface area contributed by atoms with Crippen molar-refractivity contribution in [1.29, 1.82) is 0 Å². The monoisotopic (exact) mass is 248 g/mol. The van der Waals surface area contributed by atoms with Crippen LogP contribution in [-0.2, 0) is 0 Å². The van der Waals surface area contributed by atoms with E-state index in [-0.39, 0.29) is 11.7 Å². The first kappa shape index (κ1) is 12.5. The van der Waals surface area contributed by atoms with E-state index in [4.69, 9.17) is 13.9 Å². The Morgan fingerprint density at radius 1 is 1.17 bits per heavy atom. The minimum absolute atomic E-state index is 0.0211. The van der Waals surface area contributed by atoms with Crippen molar-refractivity contribution in [3.8, 4) is 11.5 Å². The smallest absolute Gasteiger partial charge is 0.200 e. The van der Waals surface area contributed by atoms with Crippen LogP contribution in [0.15, 0.2) is 22.6 Å². The first-order chi connectivity index (χ1) is 8.56. The van der Waals surface area contributed by atoms with Gasteiger partial charge in [0, 0.05) is 18.1 Å². The van der Waals surface area contributed by atoms with Crippen molar-refractivity contribution in [2.24, 2.45) is 5.92 Å². The molecule has 2 aromatic rings. The van der Waals surface area contributed by atoms with Crippen LogP contribution in [0.3, 0.4) is 0 Å². The number of rotatable bonds is 4. The van der Waals surface area contributed by atoms with Crippen LogP contribution in [0.4, 0.5) is 0 Å². The van der Waals surface area contributed by atoms with Crippen LogP contribution in [0.2, 0.25) is 0 Å². The van der Waals surface area contributed by atoms with Crippen molar-refractivity contribution < 1.29 is 18.7 Å². The van der Waals surface area contributed by atoms with Crippen molar-refractivity contribution in [2.75, 3.05) is 14.2 Å². The van der Waals surface area contributed by atoms with Gasteiger partial charge in [0.1, 0.15) is 17.1 Å². The summed E-state index contributed by atoms with van der Waals surface area (Å²) in [5.41, 5.74) is 0.593. The number of fused-ring (bicyclic) bond motifs is 1. The maximum Gasteiger partial charge on any atom is 0.200 e. The number of hydrogen-bond acceptors (Lipinski definition) is 4. The zero-order valence-electron chi connectivity index (χ0n) is 10.9. The Kier molecular flexibility index (Phi) is 3.28. The summed E-state index contributed by atoms with van der Waals surface area (Å²) in [6, 6.07) is 5.23. The van der Waals surface area contributed by atoms with Gasteiger partial charge in [-0.05, 0) is 6.07 Å². The van der Waals surface area contributed by atoms with Gasteiger partial charge < -0.3 is 13.9 Å². The van der Waals surface area contributed by atoms with Gasteiger partial charge in [0.2, 0.25) is 5.78 Å². The van der Waals surface area contributed by atoms with Gasteiger partial charge in [-0.2, -0.15) is 0 Å². The van der Waals surface area contributed by atoms with E-state index in [1.807, 2.05) is 13.8 Å². The van der Waals surface area contributed by atoms with Gasteiger partial charge in [-0.25, -0.2) is 0 Å². The predicted octanol–water partition coefficient (Wildman–Crippen LogP) is 3.29. The van der Waals surface area contributed by atoms with Gasteiger partial charge in [-0.3, -0.25) is 4.79 Å². The topological polar surface area (TPSA) is 48.7 Å². The summed E-state index contributed by atoms with van der Waals surface area (Å²) in [5, 5.41) is 0.780. The minimum atomic E-state index is -0.0987. The SMILES string of the molecule is COc1cc(OC)c2cc(C(=O)C(C)C)oc2c1. The van der Waals surface area contributed by atoms with E-state index in [0.29, 0.717) is 22.8 Å². The number of Topliss-reactive ketones (excluding diaryl/α,β-unsaturated/α-hetero) is 1. The highest BCUT2D eigenvalue weighted by atomic mass is 16.5. The zero-order valence-corrected chi connectivity index (χ0v) is 10.9. The molecule has 1 aromatic heterocycles. The van der Waals surface area contributed by atoms with E-state index in [2.05, 4.69) is 0 Å². The Balaban J connectivity index is 2.59. The van der Waals surface area contributed by atoms with E-state index in [9.17, 15) is 4.79 Å². The highest BCUT2D eigenvalue weighted by Crippen LogP contribution is 2.33. The highest BCUT2D eigenvalue weighted by Gasteiger charge is 2.18. The molecule has 0 radical (unpaired) electrons. The second-order valence-corrected chi connectivity index (χ2v) is 4.37. The first-order valence-corrected chi connectivity index (χ1v) is 5.76. The van der Waals surface area contributed by atoms with E-state index in [0.717, 1.165) is 5.39 Å². The molecule has 0 fully saturated rings. The second-order valence-electron chi connectivity index (χ2n) is 4.37. The average molecular weight is 248 g/mol. The molecule has 0 atom stereocenters. The Labute approximate surface area is 105 Å². The van der Waals surface area contributed by atoms with E-state index in [1.165, 1.54) is 0 Å². The van der Waals surface area contributed by atoms with Crippen LogP contribution >= 0.6 is 0 Å². The fourth-order valence-corrected chi connectivity index (χ4v) is 1.78. The van der Waals surface area contributed by atoms with Crippen molar-refractivity contribution in [3.05, 3.63) is 24.0 Å². The summed E-state index contributed by atoms with van der Waals surface area (Å²) < 4.78 is 16.0. The number of methoxy groups -OCH3 is 2. The highest BCUT2D eigenvalue weighted by molar-refractivity contribution is 6.00. The van der Waals surface area contributed by atoms with Gasteiger partial charge >= 0.3 is 0 Å². The lowest BCUT2D eigenvalue weighted by molar-refractivity contribution is 0.0913. The summed E-state index contributed by atoms with van der Waals surface area (Å²) in [4.78, 5) is 11.9. The van der Waals surface area contributed by atoms with Crippen molar-refractivity contribution in [1.82, 2.24) is 0 Å². The lowest BCUT2D eigenvalue weighted by atomic mass is 10.1. The molecule has 0 saturated heterocycles. The third kappa shape index (κ3) is 2.06. The largest absolute Gasteiger partial charge is 0.496 e. The number of ether oxygens (including phenoxy) is 2. The fraction of sp³-hybridized carbons (Fsp3) is 0.357. The summed E-state index contributed by atoms with van der Waals surface area (Å²) in [6.07, 6.45) is 0.